The smallest absolute Gasteiger partial charge is 0.224 e. The molecule has 2 aromatic rings. The zero-order valence-electron chi connectivity index (χ0n) is 15.8. The molecule has 146 valence electrons. The minimum absolute atomic E-state index is 0.135. The van der Waals surface area contributed by atoms with Gasteiger partial charge in [0, 0.05) is 45.2 Å². The lowest BCUT2D eigenvalue weighted by molar-refractivity contribution is -0.134. The molecule has 3 rings (SSSR count). The monoisotopic (exact) mass is 372 g/mol. The van der Waals surface area contributed by atoms with Gasteiger partial charge in [0.2, 0.25) is 5.91 Å². The Balaban J connectivity index is 1.44. The van der Waals surface area contributed by atoms with Crippen LogP contribution in [0.2, 0.25) is 0 Å². The maximum atomic E-state index is 12.0. The third-order valence-corrected chi connectivity index (χ3v) is 4.89. The van der Waals surface area contributed by atoms with Crippen LogP contribution in [-0.2, 0) is 9.53 Å². The van der Waals surface area contributed by atoms with Crippen molar-refractivity contribution in [1.29, 1.82) is 0 Å². The van der Waals surface area contributed by atoms with E-state index in [1.54, 1.807) is 7.11 Å². The van der Waals surface area contributed by atoms with Gasteiger partial charge in [-0.15, -0.1) is 0 Å². The van der Waals surface area contributed by atoms with Crippen molar-refractivity contribution in [2.45, 2.75) is 12.5 Å². The highest BCUT2D eigenvalue weighted by atomic mass is 16.5. The minimum Gasteiger partial charge on any atom is -0.490 e. The Bertz CT molecular complexity index is 739. The van der Waals surface area contributed by atoms with E-state index >= 15 is 0 Å². The molecule has 6 nitrogen and oxygen atoms in total. The molecule has 2 aromatic carbocycles. The Kier molecular flexibility index (Phi) is 7.04. The Hall–Kier alpha value is -2.15. The van der Waals surface area contributed by atoms with E-state index in [0.717, 1.165) is 29.6 Å². The summed E-state index contributed by atoms with van der Waals surface area (Å²) in [5.74, 6) is 0.928. The van der Waals surface area contributed by atoms with E-state index in [9.17, 15) is 9.90 Å². The maximum Gasteiger partial charge on any atom is 0.224 e. The van der Waals surface area contributed by atoms with Gasteiger partial charge in [-0.05, 0) is 11.5 Å². The van der Waals surface area contributed by atoms with Crippen LogP contribution in [0.15, 0.2) is 42.5 Å². The summed E-state index contributed by atoms with van der Waals surface area (Å²) in [6.07, 6.45) is -0.141. The summed E-state index contributed by atoms with van der Waals surface area (Å²) in [5.41, 5.74) is 0. The van der Waals surface area contributed by atoms with Crippen molar-refractivity contribution in [3.63, 3.8) is 0 Å². The van der Waals surface area contributed by atoms with Crippen molar-refractivity contribution >= 4 is 16.7 Å². The predicted octanol–water partition coefficient (Wildman–Crippen LogP) is 1.76. The molecule has 1 aliphatic heterocycles. The first-order valence-corrected chi connectivity index (χ1v) is 9.45. The van der Waals surface area contributed by atoms with E-state index in [-0.39, 0.29) is 12.5 Å². The van der Waals surface area contributed by atoms with Gasteiger partial charge >= 0.3 is 0 Å². The van der Waals surface area contributed by atoms with Crippen LogP contribution in [0.25, 0.3) is 10.8 Å². The number of hydrogen-bond acceptors (Lipinski definition) is 5. The summed E-state index contributed by atoms with van der Waals surface area (Å²) < 4.78 is 10.8. The quantitative estimate of drug-likeness (QED) is 0.765. The van der Waals surface area contributed by atoms with Crippen LogP contribution in [0.4, 0.5) is 0 Å². The van der Waals surface area contributed by atoms with Gasteiger partial charge in [-0.3, -0.25) is 9.69 Å². The standard InChI is InChI=1S/C21H28N2O4/c1-26-14-9-21(25)23-12-10-22(11-13-23)15-18(24)16-27-20-8-4-6-17-5-2-3-7-19(17)20/h2-8,18,24H,9-16H2,1H3. The van der Waals surface area contributed by atoms with Crippen LogP contribution in [0.3, 0.4) is 0 Å². The Morgan fingerprint density at radius 1 is 1.11 bits per heavy atom. The van der Waals surface area contributed by atoms with Gasteiger partial charge in [-0.25, -0.2) is 0 Å². The molecule has 1 heterocycles. The zero-order chi connectivity index (χ0) is 19.1. The van der Waals surface area contributed by atoms with Crippen LogP contribution in [0.5, 0.6) is 5.75 Å². The van der Waals surface area contributed by atoms with Crippen molar-refractivity contribution in [3.05, 3.63) is 42.5 Å². The third-order valence-electron chi connectivity index (χ3n) is 4.89. The van der Waals surface area contributed by atoms with Crippen molar-refractivity contribution in [2.75, 3.05) is 53.0 Å². The van der Waals surface area contributed by atoms with Crippen LogP contribution in [0, 0.1) is 0 Å². The average molecular weight is 372 g/mol. The number of carbonyl (C=O) groups is 1. The van der Waals surface area contributed by atoms with Gasteiger partial charge in [0.1, 0.15) is 18.5 Å². The van der Waals surface area contributed by atoms with Crippen LogP contribution in [0.1, 0.15) is 6.42 Å². The van der Waals surface area contributed by atoms with E-state index in [2.05, 4.69) is 4.90 Å². The number of amides is 1. The average Bonchev–Trinajstić information content (AvgIpc) is 2.71. The van der Waals surface area contributed by atoms with E-state index in [1.165, 1.54) is 0 Å². The summed E-state index contributed by atoms with van der Waals surface area (Å²) in [6.45, 7) is 4.18. The first kappa shape index (κ1) is 19.6. The van der Waals surface area contributed by atoms with Gasteiger partial charge in [-0.2, -0.15) is 0 Å². The fourth-order valence-electron chi connectivity index (χ4n) is 3.39. The second-order valence-corrected chi connectivity index (χ2v) is 6.87. The summed E-state index contributed by atoms with van der Waals surface area (Å²) in [6, 6.07) is 14.0. The molecule has 0 spiro atoms. The molecule has 0 bridgehead atoms. The minimum atomic E-state index is -0.570. The van der Waals surface area contributed by atoms with E-state index in [1.807, 2.05) is 47.4 Å². The lowest BCUT2D eigenvalue weighted by Crippen LogP contribution is -2.51. The summed E-state index contributed by atoms with van der Waals surface area (Å²) in [5, 5.41) is 12.5. The van der Waals surface area contributed by atoms with Crippen LogP contribution in [-0.4, -0.2) is 80.0 Å². The van der Waals surface area contributed by atoms with Crippen LogP contribution < -0.4 is 4.74 Å². The third kappa shape index (κ3) is 5.42. The molecule has 27 heavy (non-hydrogen) atoms. The first-order chi connectivity index (χ1) is 13.2. The van der Waals surface area contributed by atoms with Crippen molar-refractivity contribution in [2.24, 2.45) is 0 Å². The largest absolute Gasteiger partial charge is 0.490 e. The lowest BCUT2D eigenvalue weighted by atomic mass is 10.1. The van der Waals surface area contributed by atoms with Gasteiger partial charge < -0.3 is 19.5 Å². The fraction of sp³-hybridized carbons (Fsp3) is 0.476. The number of hydrogen-bond donors (Lipinski definition) is 1. The van der Waals surface area contributed by atoms with Crippen LogP contribution >= 0.6 is 0 Å². The van der Waals surface area contributed by atoms with Gasteiger partial charge in [0.25, 0.3) is 0 Å². The number of ether oxygens (including phenoxy) is 2. The molecule has 6 heteroatoms. The number of aliphatic hydroxyl groups excluding tert-OH is 1. The molecule has 1 saturated heterocycles. The molecule has 0 aromatic heterocycles. The van der Waals surface area contributed by atoms with E-state index in [4.69, 9.17) is 9.47 Å². The number of piperazine rings is 1. The highest BCUT2D eigenvalue weighted by Crippen LogP contribution is 2.25. The number of aliphatic hydroxyl groups is 1. The molecule has 1 aliphatic rings. The van der Waals surface area contributed by atoms with Crippen molar-refractivity contribution in [3.8, 4) is 5.75 Å². The highest BCUT2D eigenvalue weighted by Gasteiger charge is 2.22. The number of benzene rings is 2. The van der Waals surface area contributed by atoms with E-state index < -0.39 is 6.10 Å². The molecule has 1 N–H and O–H groups in total. The van der Waals surface area contributed by atoms with E-state index in [0.29, 0.717) is 32.7 Å². The molecule has 1 fully saturated rings. The second kappa shape index (κ2) is 9.69. The van der Waals surface area contributed by atoms with Gasteiger partial charge in [0.05, 0.1) is 13.0 Å². The summed E-state index contributed by atoms with van der Waals surface area (Å²) in [7, 11) is 1.60. The zero-order valence-corrected chi connectivity index (χ0v) is 15.8. The molecule has 0 aliphatic carbocycles. The Morgan fingerprint density at radius 3 is 2.63 bits per heavy atom. The second-order valence-electron chi connectivity index (χ2n) is 6.87. The van der Waals surface area contributed by atoms with Gasteiger partial charge in [-0.1, -0.05) is 36.4 Å². The van der Waals surface area contributed by atoms with Crippen molar-refractivity contribution < 1.29 is 19.4 Å². The molecule has 0 saturated carbocycles. The summed E-state index contributed by atoms with van der Waals surface area (Å²) in [4.78, 5) is 16.1. The number of fused-ring (bicyclic) bond motifs is 1. The number of β-amino-alcohol motifs (C(OH)–C–C–N with tert-alkyl or cyclic N) is 1. The fourth-order valence-corrected chi connectivity index (χ4v) is 3.39. The first-order valence-electron chi connectivity index (χ1n) is 9.45. The highest BCUT2D eigenvalue weighted by molar-refractivity contribution is 5.88. The van der Waals surface area contributed by atoms with Crippen molar-refractivity contribution in [1.82, 2.24) is 9.80 Å². The molecule has 1 amide bonds. The number of rotatable bonds is 8. The SMILES string of the molecule is COCCC(=O)N1CCN(CC(O)COc2cccc3ccccc23)CC1. The molecule has 1 atom stereocenters. The lowest BCUT2D eigenvalue weighted by Gasteiger charge is -2.35. The summed E-state index contributed by atoms with van der Waals surface area (Å²) >= 11 is 0. The predicted molar refractivity (Wildman–Crippen MR) is 105 cm³/mol. The molecular formula is C21H28N2O4. The number of carbonyl (C=O) groups excluding carboxylic acids is 1. The number of nitrogens with zero attached hydrogens (tertiary/aromatic N) is 2. The molecule has 0 radical (unpaired) electrons. The maximum absolute atomic E-state index is 12.0. The molecule has 1 unspecified atom stereocenters. The van der Waals surface area contributed by atoms with Gasteiger partial charge in [0.15, 0.2) is 0 Å². The Morgan fingerprint density at radius 2 is 1.85 bits per heavy atom. The normalized spacial score (nSPS) is 16.4. The number of methoxy groups -OCH3 is 1. The molecular weight excluding hydrogens is 344 g/mol. The topological polar surface area (TPSA) is 62.2 Å². The Labute approximate surface area is 160 Å².